The van der Waals surface area contributed by atoms with Crippen molar-refractivity contribution < 1.29 is 4.74 Å². The van der Waals surface area contributed by atoms with E-state index >= 15 is 0 Å². The van der Waals surface area contributed by atoms with Crippen LogP contribution < -0.4 is 9.64 Å². The van der Waals surface area contributed by atoms with E-state index in [-0.39, 0.29) is 5.54 Å². The monoisotopic (exact) mass is 416 g/mol. The van der Waals surface area contributed by atoms with Gasteiger partial charge in [-0.15, -0.1) is 0 Å². The number of hydrogen-bond acceptors (Lipinski definition) is 3. The van der Waals surface area contributed by atoms with Crippen LogP contribution in [0.1, 0.15) is 45.2 Å². The van der Waals surface area contributed by atoms with Gasteiger partial charge in [0.1, 0.15) is 5.75 Å². The number of ether oxygens (including phenoxy) is 1. The molecular weight excluding hydrogens is 391 g/mol. The summed E-state index contributed by atoms with van der Waals surface area (Å²) in [6.07, 6.45) is 5.23. The molecule has 2 aromatic carbocycles. The number of allylic oxidation sites excluding steroid dienone is 1. The molecule has 0 spiro atoms. The predicted molar refractivity (Wildman–Crippen MR) is 122 cm³/mol. The lowest BCUT2D eigenvalue weighted by molar-refractivity contribution is 0.413. The summed E-state index contributed by atoms with van der Waals surface area (Å²) < 4.78 is 5.69. The molecule has 28 heavy (non-hydrogen) atoms. The zero-order valence-corrected chi connectivity index (χ0v) is 18.5. The van der Waals surface area contributed by atoms with Crippen LogP contribution in [-0.4, -0.2) is 25.4 Å². The molecule has 0 bridgehead atoms. The number of methoxy groups -OCH3 is 1. The maximum Gasteiger partial charge on any atom is 0.129 e. The van der Waals surface area contributed by atoms with Gasteiger partial charge in [-0.2, -0.15) is 0 Å². The Morgan fingerprint density at radius 3 is 2.54 bits per heavy atom. The van der Waals surface area contributed by atoms with Crippen molar-refractivity contribution in [2.75, 3.05) is 18.6 Å². The Balaban J connectivity index is 2.06. The summed E-state index contributed by atoms with van der Waals surface area (Å²) in [5.74, 6) is 0.800. The van der Waals surface area contributed by atoms with Crippen LogP contribution in [0.15, 0.2) is 41.4 Å². The Morgan fingerprint density at radius 2 is 1.89 bits per heavy atom. The second kappa shape index (κ2) is 8.18. The molecule has 5 heteroatoms. The van der Waals surface area contributed by atoms with Gasteiger partial charge in [0.05, 0.1) is 28.4 Å². The van der Waals surface area contributed by atoms with E-state index in [1.807, 2.05) is 12.3 Å². The van der Waals surface area contributed by atoms with Crippen LogP contribution in [0, 0.1) is 0 Å². The fourth-order valence-electron chi connectivity index (χ4n) is 3.74. The van der Waals surface area contributed by atoms with Crippen LogP contribution in [0.25, 0.3) is 5.57 Å². The van der Waals surface area contributed by atoms with Gasteiger partial charge >= 0.3 is 0 Å². The van der Waals surface area contributed by atoms with Crippen molar-refractivity contribution in [2.24, 2.45) is 4.99 Å². The number of anilines is 1. The van der Waals surface area contributed by atoms with Gasteiger partial charge < -0.3 is 9.64 Å². The summed E-state index contributed by atoms with van der Waals surface area (Å²) in [4.78, 5) is 7.01. The minimum Gasteiger partial charge on any atom is -0.496 e. The molecule has 0 saturated heterocycles. The van der Waals surface area contributed by atoms with Gasteiger partial charge in [0.2, 0.25) is 0 Å². The lowest BCUT2D eigenvalue weighted by atomic mass is 9.87. The van der Waals surface area contributed by atoms with E-state index in [9.17, 15) is 0 Å². The van der Waals surface area contributed by atoms with Crippen molar-refractivity contribution in [3.8, 4) is 5.75 Å². The largest absolute Gasteiger partial charge is 0.496 e. The van der Waals surface area contributed by atoms with Crippen molar-refractivity contribution in [1.29, 1.82) is 0 Å². The molecule has 0 radical (unpaired) electrons. The molecule has 3 nitrogen and oxygen atoms in total. The SMILES string of the molecule is CCCN1c2cc(OC)c(C=Nc3ccc(Cl)c(Cl)c3)cc2C(C)=CC1(C)C. The molecule has 0 aliphatic carbocycles. The van der Waals surface area contributed by atoms with Gasteiger partial charge in [-0.1, -0.05) is 36.2 Å². The second-order valence-electron chi connectivity index (χ2n) is 7.60. The molecule has 1 aliphatic heterocycles. The number of nitrogens with zero attached hydrogens (tertiary/aromatic N) is 2. The fraction of sp³-hybridized carbons (Fsp3) is 0.348. The van der Waals surface area contributed by atoms with Crippen molar-refractivity contribution in [1.82, 2.24) is 0 Å². The Labute approximate surface area is 177 Å². The molecule has 1 heterocycles. The average Bonchev–Trinajstić information content (AvgIpc) is 2.65. The van der Waals surface area contributed by atoms with Crippen LogP contribution in [0.4, 0.5) is 11.4 Å². The third kappa shape index (κ3) is 4.06. The van der Waals surface area contributed by atoms with Crippen LogP contribution in [0.2, 0.25) is 10.0 Å². The van der Waals surface area contributed by atoms with E-state index in [0.29, 0.717) is 10.0 Å². The van der Waals surface area contributed by atoms with Crippen molar-refractivity contribution >= 4 is 46.4 Å². The Kier molecular flexibility index (Phi) is 6.07. The summed E-state index contributed by atoms with van der Waals surface area (Å²) in [7, 11) is 1.69. The predicted octanol–water partition coefficient (Wildman–Crippen LogP) is 7.16. The second-order valence-corrected chi connectivity index (χ2v) is 8.41. The first kappa shape index (κ1) is 20.8. The molecule has 0 unspecified atom stereocenters. The average molecular weight is 417 g/mol. The highest BCUT2D eigenvalue weighted by Gasteiger charge is 2.31. The normalized spacial score (nSPS) is 15.5. The first-order valence-corrected chi connectivity index (χ1v) is 10.2. The Bertz CT molecular complexity index is 948. The van der Waals surface area contributed by atoms with E-state index < -0.39 is 0 Å². The summed E-state index contributed by atoms with van der Waals surface area (Å²) in [5, 5.41) is 1.01. The van der Waals surface area contributed by atoms with E-state index in [2.05, 4.69) is 55.8 Å². The van der Waals surface area contributed by atoms with E-state index in [1.165, 1.54) is 16.8 Å². The number of fused-ring (bicyclic) bond motifs is 1. The van der Waals surface area contributed by atoms with Crippen molar-refractivity contribution in [3.05, 3.63) is 57.6 Å². The molecule has 0 atom stereocenters. The first-order chi connectivity index (χ1) is 13.3. The molecule has 148 valence electrons. The number of halogens is 2. The summed E-state index contributed by atoms with van der Waals surface area (Å²) >= 11 is 12.1. The minimum absolute atomic E-state index is 0.0340. The molecule has 0 amide bonds. The maximum absolute atomic E-state index is 6.10. The molecule has 0 N–H and O–H groups in total. The summed E-state index contributed by atoms with van der Waals surface area (Å²) in [5.41, 5.74) is 5.32. The third-order valence-electron chi connectivity index (χ3n) is 5.03. The standard InChI is InChI=1S/C23H26Cl2N2O/c1-6-9-27-21-12-22(28-5)16(10-18(21)15(2)13-23(27,3)4)14-26-17-7-8-19(24)20(25)11-17/h7-8,10-14H,6,9H2,1-5H3. The lowest BCUT2D eigenvalue weighted by Gasteiger charge is -2.43. The zero-order chi connectivity index (χ0) is 20.5. The van der Waals surface area contributed by atoms with Gasteiger partial charge in [0.15, 0.2) is 0 Å². The third-order valence-corrected chi connectivity index (χ3v) is 5.77. The first-order valence-electron chi connectivity index (χ1n) is 9.45. The van der Waals surface area contributed by atoms with Gasteiger partial charge in [0.25, 0.3) is 0 Å². The molecule has 0 saturated carbocycles. The molecule has 0 aromatic heterocycles. The number of benzene rings is 2. The molecule has 2 aromatic rings. The van der Waals surface area contributed by atoms with Crippen LogP contribution >= 0.6 is 23.2 Å². The topological polar surface area (TPSA) is 24.8 Å². The number of rotatable bonds is 5. The van der Waals surface area contributed by atoms with E-state index in [0.717, 1.165) is 30.0 Å². The number of aliphatic imine (C=N–C) groups is 1. The maximum atomic E-state index is 6.10. The zero-order valence-electron chi connectivity index (χ0n) is 17.0. The molecule has 3 rings (SSSR count). The summed E-state index contributed by atoms with van der Waals surface area (Å²) in [6, 6.07) is 9.62. The van der Waals surface area contributed by atoms with Crippen molar-refractivity contribution in [2.45, 2.75) is 39.7 Å². The van der Waals surface area contributed by atoms with Gasteiger partial charge in [0, 0.05) is 35.6 Å². The highest BCUT2D eigenvalue weighted by Crippen LogP contribution is 2.42. The molecule has 1 aliphatic rings. The van der Waals surface area contributed by atoms with Crippen LogP contribution in [0.3, 0.4) is 0 Å². The van der Waals surface area contributed by atoms with E-state index in [1.54, 1.807) is 19.2 Å². The van der Waals surface area contributed by atoms with Gasteiger partial charge in [-0.25, -0.2) is 0 Å². The molecular formula is C23H26Cl2N2O. The highest BCUT2D eigenvalue weighted by molar-refractivity contribution is 6.42. The highest BCUT2D eigenvalue weighted by atomic mass is 35.5. The Morgan fingerprint density at radius 1 is 1.14 bits per heavy atom. The fourth-order valence-corrected chi connectivity index (χ4v) is 4.03. The number of hydrogen-bond donors (Lipinski definition) is 0. The van der Waals surface area contributed by atoms with Gasteiger partial charge in [-0.05, 0) is 57.0 Å². The van der Waals surface area contributed by atoms with Gasteiger partial charge in [-0.3, -0.25) is 4.99 Å². The van der Waals surface area contributed by atoms with Crippen LogP contribution in [-0.2, 0) is 0 Å². The van der Waals surface area contributed by atoms with E-state index in [4.69, 9.17) is 27.9 Å². The Hall–Kier alpha value is -1.97. The van der Waals surface area contributed by atoms with Crippen molar-refractivity contribution in [3.63, 3.8) is 0 Å². The van der Waals surface area contributed by atoms with Crippen LogP contribution in [0.5, 0.6) is 5.75 Å². The quantitative estimate of drug-likeness (QED) is 0.482. The molecule has 0 fully saturated rings. The lowest BCUT2D eigenvalue weighted by Crippen LogP contribution is -2.45. The summed E-state index contributed by atoms with van der Waals surface area (Å²) in [6.45, 7) is 9.86. The smallest absolute Gasteiger partial charge is 0.129 e. The minimum atomic E-state index is -0.0340.